The maximum Gasteiger partial charge on any atom is 0.146 e. The van der Waals surface area contributed by atoms with Crippen LogP contribution in [0.5, 0.6) is 0 Å². The molecule has 0 aliphatic carbocycles. The summed E-state index contributed by atoms with van der Waals surface area (Å²) in [5.41, 5.74) is 9.98. The van der Waals surface area contributed by atoms with Crippen molar-refractivity contribution >= 4 is 17.4 Å². The smallest absolute Gasteiger partial charge is 0.146 e. The van der Waals surface area contributed by atoms with Crippen molar-refractivity contribution in [2.75, 3.05) is 5.73 Å². The number of aryl methyl sites for hydroxylation is 2. The van der Waals surface area contributed by atoms with Crippen molar-refractivity contribution < 1.29 is 0 Å². The third kappa shape index (κ3) is 2.31. The number of hydrogen-bond acceptors (Lipinski definition) is 3. The van der Waals surface area contributed by atoms with Gasteiger partial charge < -0.3 is 5.73 Å². The van der Waals surface area contributed by atoms with Gasteiger partial charge in [-0.25, -0.2) is 9.97 Å². The first kappa shape index (κ1) is 12.8. The van der Waals surface area contributed by atoms with Gasteiger partial charge in [0.25, 0.3) is 0 Å². The van der Waals surface area contributed by atoms with Gasteiger partial charge >= 0.3 is 0 Å². The van der Waals surface area contributed by atoms with Gasteiger partial charge in [0, 0.05) is 5.56 Å². The number of nitrogens with zero attached hydrogens (tertiary/aromatic N) is 2. The Labute approximate surface area is 112 Å². The second kappa shape index (κ2) is 5.36. The van der Waals surface area contributed by atoms with Gasteiger partial charge in [-0.05, 0) is 30.0 Å². The molecule has 0 unspecified atom stereocenters. The van der Waals surface area contributed by atoms with Crippen molar-refractivity contribution in [3.8, 4) is 11.3 Å². The zero-order chi connectivity index (χ0) is 13.1. The molecular formula is C14H16ClN3. The van der Waals surface area contributed by atoms with E-state index in [4.69, 9.17) is 17.3 Å². The SMILES string of the molecule is CCc1ccc(CC)c(-c2ncnc(N)c2Cl)c1. The van der Waals surface area contributed by atoms with E-state index in [1.807, 2.05) is 0 Å². The number of nitrogen functional groups attached to an aromatic ring is 1. The summed E-state index contributed by atoms with van der Waals surface area (Å²) < 4.78 is 0. The van der Waals surface area contributed by atoms with Gasteiger partial charge in [0.05, 0.1) is 5.69 Å². The minimum atomic E-state index is 0.325. The normalized spacial score (nSPS) is 10.6. The van der Waals surface area contributed by atoms with E-state index in [0.29, 0.717) is 10.8 Å². The van der Waals surface area contributed by atoms with Gasteiger partial charge in [-0.3, -0.25) is 0 Å². The standard InChI is InChI=1S/C14H16ClN3/c1-3-9-5-6-10(4-2)11(7-9)13-12(15)14(16)18-8-17-13/h5-8H,3-4H2,1-2H3,(H2,16,17,18). The van der Waals surface area contributed by atoms with Crippen LogP contribution in [0.2, 0.25) is 5.02 Å². The van der Waals surface area contributed by atoms with E-state index in [0.717, 1.165) is 24.1 Å². The van der Waals surface area contributed by atoms with Crippen LogP contribution in [0.3, 0.4) is 0 Å². The average Bonchev–Trinajstić information content (AvgIpc) is 2.41. The van der Waals surface area contributed by atoms with Crippen LogP contribution in [0.4, 0.5) is 5.82 Å². The Morgan fingerprint density at radius 2 is 1.94 bits per heavy atom. The first-order chi connectivity index (χ1) is 8.67. The Hall–Kier alpha value is -1.61. The Morgan fingerprint density at radius 3 is 2.61 bits per heavy atom. The molecule has 2 rings (SSSR count). The molecule has 2 aromatic rings. The van der Waals surface area contributed by atoms with E-state index in [1.165, 1.54) is 17.5 Å². The highest BCUT2D eigenvalue weighted by Gasteiger charge is 2.12. The number of rotatable bonds is 3. The molecule has 0 radical (unpaired) electrons. The highest BCUT2D eigenvalue weighted by molar-refractivity contribution is 6.35. The fourth-order valence-electron chi connectivity index (χ4n) is 1.94. The van der Waals surface area contributed by atoms with Crippen LogP contribution in [0, 0.1) is 0 Å². The summed E-state index contributed by atoms with van der Waals surface area (Å²) in [7, 11) is 0. The molecule has 0 saturated heterocycles. The predicted octanol–water partition coefficient (Wildman–Crippen LogP) is 3.50. The summed E-state index contributed by atoms with van der Waals surface area (Å²) in [6.45, 7) is 4.24. The Morgan fingerprint density at radius 1 is 1.17 bits per heavy atom. The molecule has 4 heteroatoms. The van der Waals surface area contributed by atoms with Crippen molar-refractivity contribution in [3.05, 3.63) is 40.7 Å². The molecule has 94 valence electrons. The minimum absolute atomic E-state index is 0.325. The summed E-state index contributed by atoms with van der Waals surface area (Å²) in [6.07, 6.45) is 3.36. The summed E-state index contributed by atoms with van der Waals surface area (Å²) in [5, 5.41) is 0.431. The number of halogens is 1. The van der Waals surface area contributed by atoms with Crippen LogP contribution in [0.1, 0.15) is 25.0 Å². The van der Waals surface area contributed by atoms with Crippen LogP contribution in [0.25, 0.3) is 11.3 Å². The first-order valence-corrected chi connectivity index (χ1v) is 6.43. The minimum Gasteiger partial charge on any atom is -0.382 e. The molecule has 1 heterocycles. The van der Waals surface area contributed by atoms with E-state index in [9.17, 15) is 0 Å². The molecule has 3 nitrogen and oxygen atoms in total. The topological polar surface area (TPSA) is 51.8 Å². The van der Waals surface area contributed by atoms with Crippen molar-refractivity contribution in [3.63, 3.8) is 0 Å². The number of anilines is 1. The van der Waals surface area contributed by atoms with Gasteiger partial charge in [-0.2, -0.15) is 0 Å². The number of benzene rings is 1. The molecule has 2 N–H and O–H groups in total. The Kier molecular flexibility index (Phi) is 3.82. The lowest BCUT2D eigenvalue weighted by Gasteiger charge is -2.11. The number of nitrogens with two attached hydrogens (primary N) is 1. The maximum atomic E-state index is 6.20. The van der Waals surface area contributed by atoms with Gasteiger partial charge in [0.1, 0.15) is 17.2 Å². The molecule has 0 saturated carbocycles. The number of aromatic nitrogens is 2. The first-order valence-electron chi connectivity index (χ1n) is 6.05. The highest BCUT2D eigenvalue weighted by atomic mass is 35.5. The van der Waals surface area contributed by atoms with Crippen molar-refractivity contribution in [2.45, 2.75) is 26.7 Å². The van der Waals surface area contributed by atoms with Crippen molar-refractivity contribution in [1.29, 1.82) is 0 Å². The van der Waals surface area contributed by atoms with E-state index < -0.39 is 0 Å². The zero-order valence-corrected chi connectivity index (χ0v) is 11.3. The molecular weight excluding hydrogens is 246 g/mol. The summed E-state index contributed by atoms with van der Waals surface area (Å²) in [6, 6.07) is 6.40. The van der Waals surface area contributed by atoms with Gasteiger partial charge in [0.2, 0.25) is 0 Å². The predicted molar refractivity (Wildman–Crippen MR) is 75.6 cm³/mol. The highest BCUT2D eigenvalue weighted by Crippen LogP contribution is 2.32. The quantitative estimate of drug-likeness (QED) is 0.920. The molecule has 0 amide bonds. The summed E-state index contributed by atoms with van der Waals surface area (Å²) in [4.78, 5) is 8.17. The molecule has 0 fully saturated rings. The van der Waals surface area contributed by atoms with Crippen LogP contribution in [-0.2, 0) is 12.8 Å². The van der Waals surface area contributed by atoms with Crippen molar-refractivity contribution in [1.82, 2.24) is 9.97 Å². The number of hydrogen-bond donors (Lipinski definition) is 1. The van der Waals surface area contributed by atoms with Gasteiger partial charge in [-0.1, -0.05) is 37.6 Å². The molecule has 18 heavy (non-hydrogen) atoms. The fourth-order valence-corrected chi connectivity index (χ4v) is 2.14. The van der Waals surface area contributed by atoms with Crippen LogP contribution in [-0.4, -0.2) is 9.97 Å². The van der Waals surface area contributed by atoms with Crippen LogP contribution < -0.4 is 5.73 Å². The molecule has 0 aliphatic rings. The van der Waals surface area contributed by atoms with E-state index >= 15 is 0 Å². The molecule has 0 bridgehead atoms. The third-order valence-electron chi connectivity index (χ3n) is 3.03. The summed E-state index contributed by atoms with van der Waals surface area (Å²) in [5.74, 6) is 0.325. The lowest BCUT2D eigenvalue weighted by Crippen LogP contribution is -1.98. The molecule has 0 atom stereocenters. The molecule has 1 aromatic carbocycles. The third-order valence-corrected chi connectivity index (χ3v) is 3.41. The Bertz CT molecular complexity index is 567. The monoisotopic (exact) mass is 261 g/mol. The van der Waals surface area contributed by atoms with Crippen LogP contribution >= 0.6 is 11.6 Å². The van der Waals surface area contributed by atoms with Crippen LogP contribution in [0.15, 0.2) is 24.5 Å². The van der Waals surface area contributed by atoms with E-state index in [2.05, 4.69) is 42.0 Å². The van der Waals surface area contributed by atoms with E-state index in [-0.39, 0.29) is 0 Å². The lowest BCUT2D eigenvalue weighted by molar-refractivity contribution is 1.09. The van der Waals surface area contributed by atoms with Gasteiger partial charge in [-0.15, -0.1) is 0 Å². The second-order valence-corrected chi connectivity index (χ2v) is 4.50. The Balaban J connectivity index is 2.64. The van der Waals surface area contributed by atoms with E-state index in [1.54, 1.807) is 0 Å². The average molecular weight is 262 g/mol. The molecule has 0 spiro atoms. The molecule has 0 aliphatic heterocycles. The maximum absolute atomic E-state index is 6.20. The summed E-state index contributed by atoms with van der Waals surface area (Å²) >= 11 is 6.20. The van der Waals surface area contributed by atoms with Gasteiger partial charge in [0.15, 0.2) is 0 Å². The lowest BCUT2D eigenvalue weighted by atomic mass is 9.98. The largest absolute Gasteiger partial charge is 0.382 e. The van der Waals surface area contributed by atoms with Crippen molar-refractivity contribution in [2.24, 2.45) is 0 Å². The molecule has 1 aromatic heterocycles. The zero-order valence-electron chi connectivity index (χ0n) is 10.6. The second-order valence-electron chi connectivity index (χ2n) is 4.12. The fraction of sp³-hybridized carbons (Fsp3) is 0.286.